The van der Waals surface area contributed by atoms with Crippen LogP contribution in [0.25, 0.3) is 11.0 Å². The zero-order chi connectivity index (χ0) is 15.0. The molecular weight excluding hydrogens is 282 g/mol. The van der Waals surface area contributed by atoms with Gasteiger partial charge in [0.25, 0.3) is 0 Å². The van der Waals surface area contributed by atoms with Crippen LogP contribution in [0.1, 0.15) is 18.3 Å². The van der Waals surface area contributed by atoms with E-state index in [1.807, 2.05) is 56.4 Å². The van der Waals surface area contributed by atoms with Gasteiger partial charge in [-0.1, -0.05) is 35.9 Å². The predicted octanol–water partition coefficient (Wildman–Crippen LogP) is 3.64. The second-order valence-corrected chi connectivity index (χ2v) is 6.11. The quantitative estimate of drug-likeness (QED) is 0.802. The Kier molecular flexibility index (Phi) is 3.47. The van der Waals surface area contributed by atoms with Crippen molar-refractivity contribution in [2.75, 3.05) is 0 Å². The summed E-state index contributed by atoms with van der Waals surface area (Å²) in [5, 5.41) is 0.720. The van der Waals surface area contributed by atoms with E-state index in [1.54, 1.807) is 0 Å². The molecule has 3 rings (SSSR count). The highest BCUT2D eigenvalue weighted by molar-refractivity contribution is 6.30. The van der Waals surface area contributed by atoms with Gasteiger partial charge >= 0.3 is 0 Å². The SMILES string of the molecule is Cn1c(CC(C)(N)c2ccc(Cl)cc2)nc2ccccc21. The van der Waals surface area contributed by atoms with Gasteiger partial charge in [-0.15, -0.1) is 0 Å². The molecule has 108 valence electrons. The molecule has 2 N–H and O–H groups in total. The zero-order valence-corrected chi connectivity index (χ0v) is 12.9. The molecule has 3 nitrogen and oxygen atoms in total. The van der Waals surface area contributed by atoms with Crippen LogP contribution in [-0.4, -0.2) is 9.55 Å². The summed E-state index contributed by atoms with van der Waals surface area (Å²) in [7, 11) is 2.03. The second-order valence-electron chi connectivity index (χ2n) is 5.68. The fraction of sp³-hybridized carbons (Fsp3) is 0.235. The molecule has 21 heavy (non-hydrogen) atoms. The molecule has 0 saturated carbocycles. The lowest BCUT2D eigenvalue weighted by Gasteiger charge is -2.25. The molecule has 1 unspecified atom stereocenters. The van der Waals surface area contributed by atoms with Crippen LogP contribution < -0.4 is 5.73 Å². The summed E-state index contributed by atoms with van der Waals surface area (Å²) in [6.45, 7) is 2.02. The van der Waals surface area contributed by atoms with Gasteiger partial charge < -0.3 is 10.3 Å². The minimum Gasteiger partial charge on any atom is -0.331 e. The van der Waals surface area contributed by atoms with Crippen LogP contribution in [0.4, 0.5) is 0 Å². The molecule has 0 aliphatic heterocycles. The molecule has 0 radical (unpaired) electrons. The van der Waals surface area contributed by atoms with Crippen LogP contribution >= 0.6 is 11.6 Å². The van der Waals surface area contributed by atoms with Gasteiger partial charge in [0.1, 0.15) is 5.82 Å². The smallest absolute Gasteiger partial charge is 0.111 e. The summed E-state index contributed by atoms with van der Waals surface area (Å²) in [5.41, 5.74) is 9.21. The first-order valence-corrected chi connectivity index (χ1v) is 7.30. The number of nitrogens with two attached hydrogens (primary N) is 1. The van der Waals surface area contributed by atoms with Crippen molar-refractivity contribution in [3.63, 3.8) is 0 Å². The van der Waals surface area contributed by atoms with Crippen molar-refractivity contribution < 1.29 is 0 Å². The van der Waals surface area contributed by atoms with Gasteiger partial charge in [-0.3, -0.25) is 0 Å². The van der Waals surface area contributed by atoms with E-state index >= 15 is 0 Å². The number of benzene rings is 2. The Balaban J connectivity index is 1.96. The molecule has 1 atom stereocenters. The highest BCUT2D eigenvalue weighted by atomic mass is 35.5. The number of hydrogen-bond acceptors (Lipinski definition) is 2. The van der Waals surface area contributed by atoms with Gasteiger partial charge in [-0.05, 0) is 36.8 Å². The maximum absolute atomic E-state index is 6.51. The minimum absolute atomic E-state index is 0.486. The topological polar surface area (TPSA) is 43.8 Å². The highest BCUT2D eigenvalue weighted by Gasteiger charge is 2.24. The molecule has 4 heteroatoms. The Labute approximate surface area is 129 Å². The van der Waals surface area contributed by atoms with E-state index in [9.17, 15) is 0 Å². The summed E-state index contributed by atoms with van der Waals surface area (Å²) in [4.78, 5) is 4.70. The number of rotatable bonds is 3. The maximum Gasteiger partial charge on any atom is 0.111 e. The first kappa shape index (κ1) is 14.1. The third-order valence-electron chi connectivity index (χ3n) is 3.91. The lowest BCUT2D eigenvalue weighted by atomic mass is 9.89. The van der Waals surface area contributed by atoms with Gasteiger partial charge in [-0.2, -0.15) is 0 Å². The number of imidazole rings is 1. The second kappa shape index (κ2) is 5.17. The molecule has 0 bridgehead atoms. The molecule has 1 heterocycles. The molecule has 0 aliphatic rings. The first-order chi connectivity index (χ1) is 9.97. The lowest BCUT2D eigenvalue weighted by Crippen LogP contribution is -2.36. The summed E-state index contributed by atoms with van der Waals surface area (Å²) in [6.07, 6.45) is 0.666. The fourth-order valence-corrected chi connectivity index (χ4v) is 2.74. The Morgan fingerprint density at radius 2 is 1.81 bits per heavy atom. The van der Waals surface area contributed by atoms with E-state index in [0.717, 1.165) is 27.4 Å². The van der Waals surface area contributed by atoms with Crippen molar-refractivity contribution in [3.05, 3.63) is 64.9 Å². The molecule has 0 spiro atoms. The zero-order valence-electron chi connectivity index (χ0n) is 12.2. The highest BCUT2D eigenvalue weighted by Crippen LogP contribution is 2.25. The van der Waals surface area contributed by atoms with Gasteiger partial charge in [0, 0.05) is 24.0 Å². The van der Waals surface area contributed by atoms with Gasteiger partial charge in [0.05, 0.1) is 11.0 Å². The number of aryl methyl sites for hydroxylation is 1. The minimum atomic E-state index is -0.486. The Morgan fingerprint density at radius 1 is 1.14 bits per heavy atom. The standard InChI is InChI=1S/C17H18ClN3/c1-17(19,12-7-9-13(18)10-8-12)11-16-20-14-5-3-4-6-15(14)21(16)2/h3-10H,11,19H2,1-2H3. The molecule has 2 aromatic carbocycles. The third kappa shape index (κ3) is 2.67. The van der Waals surface area contributed by atoms with Gasteiger partial charge in [-0.25, -0.2) is 4.98 Å². The maximum atomic E-state index is 6.51. The number of hydrogen-bond donors (Lipinski definition) is 1. The fourth-order valence-electron chi connectivity index (χ4n) is 2.61. The van der Waals surface area contributed by atoms with Crippen molar-refractivity contribution in [2.45, 2.75) is 18.9 Å². The lowest BCUT2D eigenvalue weighted by molar-refractivity contribution is 0.472. The summed E-state index contributed by atoms with van der Waals surface area (Å²) < 4.78 is 2.11. The molecule has 0 fully saturated rings. The average Bonchev–Trinajstić information content (AvgIpc) is 2.76. The van der Waals surface area contributed by atoms with Crippen LogP contribution in [0.2, 0.25) is 5.02 Å². The van der Waals surface area contributed by atoms with Crippen molar-refractivity contribution >= 4 is 22.6 Å². The summed E-state index contributed by atoms with van der Waals surface area (Å²) in [6, 6.07) is 15.8. The Hall–Kier alpha value is -1.84. The van der Waals surface area contributed by atoms with E-state index in [4.69, 9.17) is 22.3 Å². The van der Waals surface area contributed by atoms with Crippen molar-refractivity contribution in [2.24, 2.45) is 12.8 Å². The van der Waals surface area contributed by atoms with E-state index in [0.29, 0.717) is 6.42 Å². The molecule has 0 saturated heterocycles. The Morgan fingerprint density at radius 3 is 2.48 bits per heavy atom. The largest absolute Gasteiger partial charge is 0.331 e. The van der Waals surface area contributed by atoms with Crippen LogP contribution in [0, 0.1) is 0 Å². The number of aromatic nitrogens is 2. The van der Waals surface area contributed by atoms with Gasteiger partial charge in [0.2, 0.25) is 0 Å². The summed E-state index contributed by atoms with van der Waals surface area (Å²) >= 11 is 5.94. The van der Waals surface area contributed by atoms with Crippen LogP contribution in [0.15, 0.2) is 48.5 Å². The van der Waals surface area contributed by atoms with Crippen molar-refractivity contribution in [1.29, 1.82) is 0 Å². The van der Waals surface area contributed by atoms with E-state index < -0.39 is 5.54 Å². The number of para-hydroxylation sites is 2. The van der Waals surface area contributed by atoms with Crippen molar-refractivity contribution in [3.8, 4) is 0 Å². The molecule has 1 aromatic heterocycles. The number of fused-ring (bicyclic) bond motifs is 1. The predicted molar refractivity (Wildman–Crippen MR) is 87.4 cm³/mol. The Bertz CT molecular complexity index is 772. The molecule has 0 amide bonds. The molecule has 3 aromatic rings. The number of halogens is 1. The van der Waals surface area contributed by atoms with Crippen LogP contribution in [-0.2, 0) is 19.0 Å². The van der Waals surface area contributed by atoms with Crippen LogP contribution in [0.5, 0.6) is 0 Å². The van der Waals surface area contributed by atoms with Crippen molar-refractivity contribution in [1.82, 2.24) is 9.55 Å². The molecule has 0 aliphatic carbocycles. The number of nitrogens with zero attached hydrogens (tertiary/aromatic N) is 2. The third-order valence-corrected chi connectivity index (χ3v) is 4.16. The monoisotopic (exact) mass is 299 g/mol. The van der Waals surface area contributed by atoms with E-state index in [-0.39, 0.29) is 0 Å². The average molecular weight is 300 g/mol. The molecular formula is C17H18ClN3. The van der Waals surface area contributed by atoms with Crippen LogP contribution in [0.3, 0.4) is 0 Å². The first-order valence-electron chi connectivity index (χ1n) is 6.93. The van der Waals surface area contributed by atoms with E-state index in [1.165, 1.54) is 0 Å². The van der Waals surface area contributed by atoms with Gasteiger partial charge in [0.15, 0.2) is 0 Å². The normalized spacial score (nSPS) is 14.3. The summed E-state index contributed by atoms with van der Waals surface area (Å²) in [5.74, 6) is 0.983. The van der Waals surface area contributed by atoms with E-state index in [2.05, 4.69) is 10.6 Å².